The fourth-order valence-electron chi connectivity index (χ4n) is 1.47. The van der Waals surface area contributed by atoms with Crippen molar-refractivity contribution in [1.82, 2.24) is 0 Å². The van der Waals surface area contributed by atoms with Crippen LogP contribution >= 0.6 is 0 Å². The van der Waals surface area contributed by atoms with Crippen molar-refractivity contribution in [2.45, 2.75) is 26.2 Å². The van der Waals surface area contributed by atoms with Gasteiger partial charge in [0, 0.05) is 0 Å². The lowest BCUT2D eigenvalue weighted by atomic mass is 9.97. The Morgan fingerprint density at radius 2 is 2.00 bits per heavy atom. The van der Waals surface area contributed by atoms with Crippen LogP contribution in [0.4, 0.5) is 0 Å². The molecule has 2 nitrogen and oxygen atoms in total. The van der Waals surface area contributed by atoms with Crippen molar-refractivity contribution < 1.29 is 9.53 Å². The second-order valence-corrected chi connectivity index (χ2v) is 3.49. The molecule has 1 rings (SSSR count). The lowest BCUT2D eigenvalue weighted by Crippen LogP contribution is -2.14. The molecule has 15 heavy (non-hydrogen) atoms. The van der Waals surface area contributed by atoms with Crippen molar-refractivity contribution in [2.75, 3.05) is 0 Å². The van der Waals surface area contributed by atoms with Crippen molar-refractivity contribution in [3.05, 3.63) is 48.2 Å². The van der Waals surface area contributed by atoms with Crippen molar-refractivity contribution in [3.63, 3.8) is 0 Å². The maximum Gasteiger partial charge on any atom is 0.318 e. The number of benzene rings is 1. The smallest absolute Gasteiger partial charge is 0.318 e. The molecule has 0 aliphatic carbocycles. The highest BCUT2D eigenvalue weighted by Gasteiger charge is 2.19. The molecule has 0 spiro atoms. The van der Waals surface area contributed by atoms with Crippen LogP contribution in [0.25, 0.3) is 0 Å². The summed E-state index contributed by atoms with van der Waals surface area (Å²) < 4.78 is 5.02. The third-order valence-corrected chi connectivity index (χ3v) is 2.17. The van der Waals surface area contributed by atoms with Crippen LogP contribution in [-0.2, 0) is 9.53 Å². The van der Waals surface area contributed by atoms with E-state index >= 15 is 0 Å². The van der Waals surface area contributed by atoms with E-state index in [1.54, 1.807) is 6.92 Å². The van der Waals surface area contributed by atoms with Gasteiger partial charge in [-0.3, -0.25) is 4.79 Å². The molecule has 0 aliphatic rings. The summed E-state index contributed by atoms with van der Waals surface area (Å²) in [5, 5.41) is 0. The third-order valence-electron chi connectivity index (χ3n) is 2.17. The highest BCUT2D eigenvalue weighted by Crippen LogP contribution is 2.21. The zero-order valence-corrected chi connectivity index (χ0v) is 9.19. The SMILES string of the molecule is C=C(C)OC(=O)C(CC)c1ccccc1. The third kappa shape index (κ3) is 3.24. The minimum Gasteiger partial charge on any atom is -0.432 e. The van der Waals surface area contributed by atoms with Gasteiger partial charge >= 0.3 is 5.97 Å². The van der Waals surface area contributed by atoms with Gasteiger partial charge in [-0.2, -0.15) is 0 Å². The van der Waals surface area contributed by atoms with E-state index in [0.29, 0.717) is 5.76 Å². The van der Waals surface area contributed by atoms with Crippen LogP contribution in [0.5, 0.6) is 0 Å². The number of ether oxygens (including phenoxy) is 1. The maximum absolute atomic E-state index is 11.7. The molecule has 0 aliphatic heterocycles. The molecule has 0 fully saturated rings. The number of hydrogen-bond donors (Lipinski definition) is 0. The van der Waals surface area contributed by atoms with Crippen molar-refractivity contribution >= 4 is 5.97 Å². The highest BCUT2D eigenvalue weighted by atomic mass is 16.5. The number of rotatable bonds is 4. The van der Waals surface area contributed by atoms with Gasteiger partial charge in [0.1, 0.15) is 0 Å². The zero-order valence-electron chi connectivity index (χ0n) is 9.19. The minimum absolute atomic E-state index is 0.192. The Morgan fingerprint density at radius 3 is 2.47 bits per heavy atom. The number of esters is 1. The van der Waals surface area contributed by atoms with Gasteiger partial charge in [0.05, 0.1) is 11.7 Å². The number of carbonyl (C=O) groups is 1. The number of allylic oxidation sites excluding steroid dienone is 1. The fraction of sp³-hybridized carbons (Fsp3) is 0.308. The quantitative estimate of drug-likeness (QED) is 0.556. The Bertz CT molecular complexity index is 341. The predicted molar refractivity (Wildman–Crippen MR) is 60.4 cm³/mol. The lowest BCUT2D eigenvalue weighted by Gasteiger charge is -2.13. The normalized spacial score (nSPS) is 11.9. The molecule has 0 aromatic heterocycles. The first-order chi connectivity index (χ1) is 7.15. The molecule has 0 heterocycles. The van der Waals surface area contributed by atoms with Gasteiger partial charge in [-0.05, 0) is 18.9 Å². The monoisotopic (exact) mass is 204 g/mol. The second kappa shape index (κ2) is 5.35. The average Bonchev–Trinajstić information content (AvgIpc) is 2.19. The number of carbonyl (C=O) groups excluding carboxylic acids is 1. The summed E-state index contributed by atoms with van der Waals surface area (Å²) in [6.07, 6.45) is 0.732. The van der Waals surface area contributed by atoms with Crippen LogP contribution in [-0.4, -0.2) is 5.97 Å². The summed E-state index contributed by atoms with van der Waals surface area (Å²) in [7, 11) is 0. The summed E-state index contributed by atoms with van der Waals surface area (Å²) in [6, 6.07) is 9.65. The molecule has 0 saturated carbocycles. The average molecular weight is 204 g/mol. The van der Waals surface area contributed by atoms with Crippen LogP contribution in [0.2, 0.25) is 0 Å². The summed E-state index contributed by atoms with van der Waals surface area (Å²) in [5.41, 5.74) is 0.992. The molecule has 1 unspecified atom stereocenters. The summed E-state index contributed by atoms with van der Waals surface area (Å²) >= 11 is 0. The Morgan fingerprint density at radius 1 is 1.40 bits per heavy atom. The molecular weight excluding hydrogens is 188 g/mol. The molecular formula is C13H16O2. The first-order valence-corrected chi connectivity index (χ1v) is 5.07. The first kappa shape index (κ1) is 11.5. The molecule has 0 amide bonds. The van der Waals surface area contributed by atoms with Gasteiger partial charge in [0.15, 0.2) is 0 Å². The summed E-state index contributed by atoms with van der Waals surface area (Å²) in [6.45, 7) is 7.21. The summed E-state index contributed by atoms with van der Waals surface area (Å²) in [5.74, 6) is 0.0217. The predicted octanol–water partition coefficient (Wildman–Crippen LogP) is 3.26. The number of hydrogen-bond acceptors (Lipinski definition) is 2. The van der Waals surface area contributed by atoms with Crippen LogP contribution < -0.4 is 0 Å². The van der Waals surface area contributed by atoms with Gasteiger partial charge in [-0.1, -0.05) is 43.8 Å². The van der Waals surface area contributed by atoms with Gasteiger partial charge < -0.3 is 4.74 Å². The van der Waals surface area contributed by atoms with Crippen molar-refractivity contribution in [1.29, 1.82) is 0 Å². The van der Waals surface area contributed by atoms with Crippen LogP contribution in [0, 0.1) is 0 Å². The molecule has 80 valence electrons. The van der Waals surface area contributed by atoms with Gasteiger partial charge in [0.2, 0.25) is 0 Å². The topological polar surface area (TPSA) is 26.3 Å². The first-order valence-electron chi connectivity index (χ1n) is 5.07. The molecule has 0 radical (unpaired) electrons. The van der Waals surface area contributed by atoms with Gasteiger partial charge in [0.25, 0.3) is 0 Å². The van der Waals surface area contributed by atoms with Crippen molar-refractivity contribution in [2.24, 2.45) is 0 Å². The molecule has 1 aromatic carbocycles. The Balaban J connectivity index is 2.80. The van der Waals surface area contributed by atoms with E-state index in [-0.39, 0.29) is 11.9 Å². The fourth-order valence-corrected chi connectivity index (χ4v) is 1.47. The minimum atomic E-state index is -0.226. The van der Waals surface area contributed by atoms with Gasteiger partial charge in [-0.25, -0.2) is 0 Å². The Hall–Kier alpha value is -1.57. The standard InChI is InChI=1S/C13H16O2/c1-4-12(13(14)15-10(2)3)11-8-6-5-7-9-11/h5-9,12H,2,4H2,1,3H3. The molecule has 1 aromatic rings. The van der Waals surface area contributed by atoms with Crippen LogP contribution in [0.3, 0.4) is 0 Å². The van der Waals surface area contributed by atoms with Crippen LogP contribution in [0.1, 0.15) is 31.7 Å². The molecule has 0 saturated heterocycles. The van der Waals surface area contributed by atoms with E-state index < -0.39 is 0 Å². The van der Waals surface area contributed by atoms with E-state index in [0.717, 1.165) is 12.0 Å². The van der Waals surface area contributed by atoms with Crippen molar-refractivity contribution in [3.8, 4) is 0 Å². The highest BCUT2D eigenvalue weighted by molar-refractivity contribution is 5.78. The zero-order chi connectivity index (χ0) is 11.3. The summed E-state index contributed by atoms with van der Waals surface area (Å²) in [4.78, 5) is 11.7. The Kier molecular flexibility index (Phi) is 4.10. The largest absolute Gasteiger partial charge is 0.432 e. The molecule has 1 atom stereocenters. The van der Waals surface area contributed by atoms with Crippen LogP contribution in [0.15, 0.2) is 42.7 Å². The van der Waals surface area contributed by atoms with Gasteiger partial charge in [-0.15, -0.1) is 0 Å². The van der Waals surface area contributed by atoms with E-state index in [2.05, 4.69) is 6.58 Å². The maximum atomic E-state index is 11.7. The lowest BCUT2D eigenvalue weighted by molar-refractivity contribution is -0.141. The van der Waals surface area contributed by atoms with E-state index in [1.165, 1.54) is 0 Å². The van der Waals surface area contributed by atoms with E-state index in [1.807, 2.05) is 37.3 Å². The Labute approximate surface area is 90.6 Å². The van der Waals surface area contributed by atoms with E-state index in [4.69, 9.17) is 4.74 Å². The molecule has 0 N–H and O–H groups in total. The van der Waals surface area contributed by atoms with E-state index in [9.17, 15) is 4.79 Å². The molecule has 2 heteroatoms. The second-order valence-electron chi connectivity index (χ2n) is 3.49. The molecule has 0 bridgehead atoms.